The molecule has 0 radical (unpaired) electrons. The molecule has 0 saturated carbocycles. The number of nitrogens with two attached hydrogens (primary N) is 1. The number of hydrogen-bond acceptors (Lipinski definition) is 5. The molecule has 21 heavy (non-hydrogen) atoms. The lowest BCUT2D eigenvalue weighted by Gasteiger charge is -2.06. The van der Waals surface area contributed by atoms with E-state index in [9.17, 15) is 9.90 Å². The predicted octanol–water partition coefficient (Wildman–Crippen LogP) is 2.68. The van der Waals surface area contributed by atoms with Crippen LogP contribution in [-0.2, 0) is 0 Å². The van der Waals surface area contributed by atoms with Crippen LogP contribution in [0.1, 0.15) is 10.4 Å². The Kier molecular flexibility index (Phi) is 4.22. The molecule has 5 nitrogen and oxygen atoms in total. The lowest BCUT2D eigenvalue weighted by molar-refractivity contribution is 0.103. The summed E-state index contributed by atoms with van der Waals surface area (Å²) in [6.07, 6.45) is 1.28. The minimum Gasteiger partial charge on any atom is -0.507 e. The zero-order valence-electron chi connectivity index (χ0n) is 11.1. The number of benzene rings is 2. The molecule has 0 bridgehead atoms. The maximum atomic E-state index is 12.2. The first kappa shape index (κ1) is 14.2. The number of anilines is 2. The van der Waals surface area contributed by atoms with E-state index in [2.05, 4.69) is 5.32 Å². The van der Waals surface area contributed by atoms with Crippen LogP contribution >= 0.6 is 0 Å². The van der Waals surface area contributed by atoms with Crippen LogP contribution in [0.5, 0.6) is 5.75 Å². The topological polar surface area (TPSA) is 99.1 Å². The van der Waals surface area contributed by atoms with Gasteiger partial charge in [-0.05, 0) is 24.3 Å². The molecular weight excluding hydrogens is 266 g/mol. The summed E-state index contributed by atoms with van der Waals surface area (Å²) >= 11 is 0. The van der Waals surface area contributed by atoms with E-state index in [4.69, 9.17) is 11.0 Å². The second-order valence-electron chi connectivity index (χ2n) is 4.25. The third-order valence-electron chi connectivity index (χ3n) is 2.85. The number of nitrogen functional groups attached to an aromatic ring is 1. The van der Waals surface area contributed by atoms with Crippen molar-refractivity contribution in [2.75, 3.05) is 11.1 Å². The molecule has 0 spiro atoms. The Morgan fingerprint density at radius 3 is 2.52 bits per heavy atom. The molecule has 0 aliphatic carbocycles. The molecular formula is C16H13N3O2. The van der Waals surface area contributed by atoms with Crippen molar-refractivity contribution in [1.29, 1.82) is 5.26 Å². The molecule has 0 fully saturated rings. The highest BCUT2D eigenvalue weighted by molar-refractivity contribution is 6.13. The Morgan fingerprint density at radius 2 is 1.86 bits per heavy atom. The van der Waals surface area contributed by atoms with E-state index < -0.39 is 5.78 Å². The standard InChI is InChI=1S/C16H13N3O2/c17-9-11(10-19-14-7-3-2-6-13(14)18)16(21)12-5-1-4-8-15(12)20/h1-8,10,19-20H,18H2/b11-10-. The van der Waals surface area contributed by atoms with Crippen molar-refractivity contribution in [3.05, 3.63) is 65.9 Å². The maximum Gasteiger partial charge on any atom is 0.208 e. The van der Waals surface area contributed by atoms with Crippen LogP contribution in [0, 0.1) is 11.3 Å². The van der Waals surface area contributed by atoms with Crippen LogP contribution in [0.4, 0.5) is 11.4 Å². The summed E-state index contributed by atoms with van der Waals surface area (Å²) in [5, 5.41) is 21.6. The van der Waals surface area contributed by atoms with Gasteiger partial charge in [0.05, 0.1) is 16.9 Å². The second kappa shape index (κ2) is 6.26. The lowest BCUT2D eigenvalue weighted by Crippen LogP contribution is -2.05. The number of carbonyl (C=O) groups is 1. The minimum absolute atomic E-state index is 0.0770. The number of hydrogen-bond donors (Lipinski definition) is 3. The van der Waals surface area contributed by atoms with Gasteiger partial charge in [-0.3, -0.25) is 4.79 Å². The molecule has 0 unspecified atom stereocenters. The van der Waals surface area contributed by atoms with Crippen molar-refractivity contribution in [2.45, 2.75) is 0 Å². The number of para-hydroxylation sites is 3. The highest BCUT2D eigenvalue weighted by Crippen LogP contribution is 2.21. The van der Waals surface area contributed by atoms with Crippen molar-refractivity contribution in [3.8, 4) is 11.8 Å². The van der Waals surface area contributed by atoms with Gasteiger partial charge >= 0.3 is 0 Å². The Morgan fingerprint density at radius 1 is 1.19 bits per heavy atom. The number of nitrogens with zero attached hydrogens (tertiary/aromatic N) is 1. The summed E-state index contributed by atoms with van der Waals surface area (Å²) in [5.74, 6) is -0.722. The fraction of sp³-hybridized carbons (Fsp3) is 0. The van der Waals surface area contributed by atoms with E-state index in [-0.39, 0.29) is 16.9 Å². The SMILES string of the molecule is N#C/C(=C/Nc1ccccc1N)C(=O)c1ccccc1O. The summed E-state index contributed by atoms with van der Waals surface area (Å²) < 4.78 is 0. The average molecular weight is 279 g/mol. The molecule has 0 aliphatic rings. The van der Waals surface area contributed by atoms with E-state index in [0.29, 0.717) is 11.4 Å². The first-order valence-electron chi connectivity index (χ1n) is 6.17. The monoisotopic (exact) mass is 279 g/mol. The van der Waals surface area contributed by atoms with E-state index in [1.807, 2.05) is 6.07 Å². The quantitative estimate of drug-likeness (QED) is 0.346. The number of phenolic OH excluding ortho intramolecular Hbond substituents is 1. The molecule has 0 atom stereocenters. The van der Waals surface area contributed by atoms with Crippen LogP contribution < -0.4 is 11.1 Å². The molecule has 5 heteroatoms. The average Bonchev–Trinajstić information content (AvgIpc) is 2.50. The molecule has 104 valence electrons. The third-order valence-corrected chi connectivity index (χ3v) is 2.85. The number of rotatable bonds is 4. The summed E-state index contributed by atoms with van der Waals surface area (Å²) in [6, 6.07) is 14.9. The number of Topliss-reactive ketones (excluding diaryl/α,β-unsaturated/α-hetero) is 1. The van der Waals surface area contributed by atoms with Gasteiger partial charge in [0.2, 0.25) is 5.78 Å². The molecule has 2 rings (SSSR count). The fourth-order valence-corrected chi connectivity index (χ4v) is 1.74. The number of nitrogens with one attached hydrogen (secondary N) is 1. The van der Waals surface area contributed by atoms with Crippen LogP contribution in [0.25, 0.3) is 0 Å². The number of ketones is 1. The maximum absolute atomic E-state index is 12.2. The van der Waals surface area contributed by atoms with Crippen LogP contribution in [-0.4, -0.2) is 10.9 Å². The molecule has 2 aromatic rings. The van der Waals surface area contributed by atoms with E-state index in [0.717, 1.165) is 0 Å². The van der Waals surface area contributed by atoms with Crippen molar-refractivity contribution in [3.63, 3.8) is 0 Å². The Balaban J connectivity index is 2.26. The lowest BCUT2D eigenvalue weighted by atomic mass is 10.0. The summed E-state index contributed by atoms with van der Waals surface area (Å²) in [4.78, 5) is 12.2. The largest absolute Gasteiger partial charge is 0.507 e. The van der Waals surface area contributed by atoms with Crippen LogP contribution in [0.2, 0.25) is 0 Å². The molecule has 0 amide bonds. The van der Waals surface area contributed by atoms with Gasteiger partial charge in [0.15, 0.2) is 0 Å². The molecule has 0 heterocycles. The van der Waals surface area contributed by atoms with Gasteiger partial charge in [0.1, 0.15) is 17.4 Å². The first-order chi connectivity index (χ1) is 10.1. The van der Waals surface area contributed by atoms with Gasteiger partial charge in [0, 0.05) is 6.20 Å². The highest BCUT2D eigenvalue weighted by Gasteiger charge is 2.15. The van der Waals surface area contributed by atoms with E-state index >= 15 is 0 Å². The van der Waals surface area contributed by atoms with Gasteiger partial charge in [0.25, 0.3) is 0 Å². The smallest absolute Gasteiger partial charge is 0.208 e. The fourth-order valence-electron chi connectivity index (χ4n) is 1.74. The molecule has 2 aromatic carbocycles. The van der Waals surface area contributed by atoms with Gasteiger partial charge in [-0.1, -0.05) is 24.3 Å². The zero-order valence-corrected chi connectivity index (χ0v) is 11.1. The summed E-state index contributed by atoms with van der Waals surface area (Å²) in [6.45, 7) is 0. The number of phenols is 1. The number of aromatic hydroxyl groups is 1. The van der Waals surface area contributed by atoms with Crippen molar-refractivity contribution in [2.24, 2.45) is 0 Å². The molecule has 4 N–H and O–H groups in total. The van der Waals surface area contributed by atoms with Gasteiger partial charge in [-0.2, -0.15) is 5.26 Å². The van der Waals surface area contributed by atoms with E-state index in [1.165, 1.54) is 18.3 Å². The summed E-state index contributed by atoms with van der Waals surface area (Å²) in [5.41, 5.74) is 6.81. The van der Waals surface area contributed by atoms with E-state index in [1.54, 1.807) is 36.4 Å². The molecule has 0 saturated heterocycles. The summed E-state index contributed by atoms with van der Waals surface area (Å²) in [7, 11) is 0. The van der Waals surface area contributed by atoms with Gasteiger partial charge < -0.3 is 16.2 Å². The van der Waals surface area contributed by atoms with Crippen LogP contribution in [0.3, 0.4) is 0 Å². The minimum atomic E-state index is -0.558. The van der Waals surface area contributed by atoms with Crippen molar-refractivity contribution in [1.82, 2.24) is 0 Å². The van der Waals surface area contributed by atoms with Crippen molar-refractivity contribution >= 4 is 17.2 Å². The Labute approximate surface area is 121 Å². The number of nitriles is 1. The normalized spacial score (nSPS) is 10.7. The Bertz CT molecular complexity index is 745. The van der Waals surface area contributed by atoms with Crippen molar-refractivity contribution < 1.29 is 9.90 Å². The van der Waals surface area contributed by atoms with Gasteiger partial charge in [-0.25, -0.2) is 0 Å². The van der Waals surface area contributed by atoms with Gasteiger partial charge in [-0.15, -0.1) is 0 Å². The van der Waals surface area contributed by atoms with Crippen LogP contribution in [0.15, 0.2) is 60.3 Å². The number of allylic oxidation sites excluding steroid dienone is 1. The number of carbonyl (C=O) groups excluding carboxylic acids is 1. The second-order valence-corrected chi connectivity index (χ2v) is 4.25. The molecule has 0 aromatic heterocycles. The zero-order chi connectivity index (χ0) is 15.2. The first-order valence-corrected chi connectivity index (χ1v) is 6.17. The highest BCUT2D eigenvalue weighted by atomic mass is 16.3. The molecule has 0 aliphatic heterocycles. The Hall–Kier alpha value is -3.26. The predicted molar refractivity (Wildman–Crippen MR) is 80.6 cm³/mol. The third kappa shape index (κ3) is 3.19.